The van der Waals surface area contributed by atoms with Gasteiger partial charge in [-0.15, -0.1) is 0 Å². The molecule has 2 heteroatoms. The third-order valence-corrected chi connectivity index (χ3v) is 10.5. The Morgan fingerprint density at radius 3 is 1.67 bits per heavy atom. The molecule has 0 aliphatic rings. The summed E-state index contributed by atoms with van der Waals surface area (Å²) in [5.74, 6) is 0. The van der Waals surface area contributed by atoms with E-state index in [0.717, 1.165) is 61.3 Å². The molecule has 54 heavy (non-hydrogen) atoms. The van der Waals surface area contributed by atoms with Crippen LogP contribution < -0.4 is 4.90 Å². The molecule has 0 amide bonds. The van der Waals surface area contributed by atoms with Gasteiger partial charge in [0.15, 0.2) is 0 Å². The predicted octanol–water partition coefficient (Wildman–Crippen LogP) is 14.9. The molecule has 0 fully saturated rings. The largest absolute Gasteiger partial charge is 0.455 e. The van der Waals surface area contributed by atoms with Crippen molar-refractivity contribution in [1.29, 1.82) is 0 Å². The first-order chi connectivity index (χ1) is 26.8. The Hall–Kier alpha value is -7.16. The second kappa shape index (κ2) is 13.4. The van der Waals surface area contributed by atoms with Crippen molar-refractivity contribution in [3.8, 4) is 44.5 Å². The molecule has 0 radical (unpaired) electrons. The zero-order valence-electron chi connectivity index (χ0n) is 29.6. The van der Waals surface area contributed by atoms with Gasteiger partial charge in [-0.1, -0.05) is 164 Å². The summed E-state index contributed by atoms with van der Waals surface area (Å²) in [5, 5.41) is 4.76. The fourth-order valence-electron chi connectivity index (χ4n) is 7.89. The highest BCUT2D eigenvalue weighted by Gasteiger charge is 2.19. The van der Waals surface area contributed by atoms with Gasteiger partial charge in [-0.05, 0) is 98.2 Å². The summed E-state index contributed by atoms with van der Waals surface area (Å²) in [7, 11) is 0. The lowest BCUT2D eigenvalue weighted by Crippen LogP contribution is -2.09. The molecule has 254 valence electrons. The first-order valence-corrected chi connectivity index (χ1v) is 18.4. The number of fused-ring (bicyclic) bond motifs is 4. The lowest BCUT2D eigenvalue weighted by molar-refractivity contribution is 0.670. The number of anilines is 3. The molecule has 0 N–H and O–H groups in total. The van der Waals surface area contributed by atoms with E-state index in [1.807, 2.05) is 12.1 Å². The molecule has 0 spiro atoms. The second-order valence-electron chi connectivity index (χ2n) is 13.7. The van der Waals surface area contributed by atoms with E-state index in [1.165, 1.54) is 33.0 Å². The highest BCUT2D eigenvalue weighted by Crippen LogP contribution is 2.44. The minimum absolute atomic E-state index is 0.904. The van der Waals surface area contributed by atoms with Crippen LogP contribution in [0.3, 0.4) is 0 Å². The summed E-state index contributed by atoms with van der Waals surface area (Å²) in [4.78, 5) is 2.34. The van der Waals surface area contributed by atoms with E-state index in [2.05, 4.69) is 205 Å². The smallest absolute Gasteiger partial charge is 0.143 e. The first kappa shape index (κ1) is 31.6. The average Bonchev–Trinajstić information content (AvgIpc) is 3.64. The fraction of sp³-hybridized carbons (Fsp3) is 0. The Morgan fingerprint density at radius 1 is 0.296 bits per heavy atom. The Bertz CT molecular complexity index is 2940. The molecule has 10 rings (SSSR count). The molecule has 10 aromatic rings. The van der Waals surface area contributed by atoms with Crippen molar-refractivity contribution in [2.24, 2.45) is 0 Å². The van der Waals surface area contributed by atoms with Crippen LogP contribution >= 0.6 is 0 Å². The van der Waals surface area contributed by atoms with Crippen LogP contribution in [-0.2, 0) is 0 Å². The molecular formula is C52H35NO. The highest BCUT2D eigenvalue weighted by atomic mass is 16.3. The van der Waals surface area contributed by atoms with Gasteiger partial charge in [-0.3, -0.25) is 0 Å². The first-order valence-electron chi connectivity index (χ1n) is 18.4. The van der Waals surface area contributed by atoms with Crippen molar-refractivity contribution in [2.45, 2.75) is 0 Å². The van der Waals surface area contributed by atoms with Gasteiger partial charge in [-0.25, -0.2) is 0 Å². The van der Waals surface area contributed by atoms with Crippen LogP contribution in [0.2, 0.25) is 0 Å². The van der Waals surface area contributed by atoms with Gasteiger partial charge in [0, 0.05) is 33.4 Å². The zero-order valence-corrected chi connectivity index (χ0v) is 29.6. The van der Waals surface area contributed by atoms with Crippen LogP contribution in [-0.4, -0.2) is 0 Å². The second-order valence-corrected chi connectivity index (χ2v) is 13.7. The van der Waals surface area contributed by atoms with Gasteiger partial charge in [0.2, 0.25) is 0 Å². The summed E-state index contributed by atoms with van der Waals surface area (Å²) in [6, 6.07) is 75.8. The van der Waals surface area contributed by atoms with Gasteiger partial charge >= 0.3 is 0 Å². The van der Waals surface area contributed by atoms with E-state index in [0.29, 0.717) is 0 Å². The molecular weight excluding hydrogens is 655 g/mol. The molecule has 9 aromatic carbocycles. The molecule has 0 aliphatic heterocycles. The van der Waals surface area contributed by atoms with Crippen LogP contribution in [0.4, 0.5) is 17.1 Å². The quantitative estimate of drug-likeness (QED) is 0.166. The lowest BCUT2D eigenvalue weighted by atomic mass is 9.89. The fourth-order valence-corrected chi connectivity index (χ4v) is 7.89. The predicted molar refractivity (Wildman–Crippen MR) is 228 cm³/mol. The van der Waals surface area contributed by atoms with E-state index in [1.54, 1.807) is 0 Å². The summed E-state index contributed by atoms with van der Waals surface area (Å²) >= 11 is 0. The van der Waals surface area contributed by atoms with Crippen molar-refractivity contribution in [1.82, 2.24) is 0 Å². The van der Waals surface area contributed by atoms with Gasteiger partial charge in [0.1, 0.15) is 11.2 Å². The molecule has 0 aliphatic carbocycles. The van der Waals surface area contributed by atoms with E-state index < -0.39 is 0 Å². The van der Waals surface area contributed by atoms with Crippen LogP contribution in [0.15, 0.2) is 217 Å². The Kier molecular flexibility index (Phi) is 7.85. The van der Waals surface area contributed by atoms with Crippen LogP contribution in [0.5, 0.6) is 0 Å². The SMILES string of the molecule is c1ccc(N(c2ccc(-c3ccc4ccccc4c3)cc2)c2cccc(-c3ccccc3-c3ccccc3-c3cccc4c3oc3ccccc34)c2)cc1. The number of hydrogen-bond donors (Lipinski definition) is 0. The van der Waals surface area contributed by atoms with Gasteiger partial charge in [0.05, 0.1) is 0 Å². The van der Waals surface area contributed by atoms with Crippen molar-refractivity contribution < 1.29 is 4.42 Å². The molecule has 0 atom stereocenters. The summed E-state index contributed by atoms with van der Waals surface area (Å²) in [6.45, 7) is 0. The molecule has 0 saturated heterocycles. The molecule has 2 nitrogen and oxygen atoms in total. The van der Waals surface area contributed by atoms with Crippen LogP contribution in [0.25, 0.3) is 77.2 Å². The van der Waals surface area contributed by atoms with Crippen molar-refractivity contribution in [2.75, 3.05) is 4.90 Å². The molecule has 0 unspecified atom stereocenters. The number of hydrogen-bond acceptors (Lipinski definition) is 2. The highest BCUT2D eigenvalue weighted by molar-refractivity contribution is 6.11. The lowest BCUT2D eigenvalue weighted by Gasteiger charge is -2.26. The van der Waals surface area contributed by atoms with Crippen LogP contribution in [0.1, 0.15) is 0 Å². The van der Waals surface area contributed by atoms with Crippen molar-refractivity contribution in [3.63, 3.8) is 0 Å². The van der Waals surface area contributed by atoms with Crippen molar-refractivity contribution >= 4 is 49.8 Å². The summed E-state index contributed by atoms with van der Waals surface area (Å²) < 4.78 is 6.51. The molecule has 0 saturated carbocycles. The van der Waals surface area contributed by atoms with E-state index in [-0.39, 0.29) is 0 Å². The Labute approximate surface area is 314 Å². The number of nitrogens with zero attached hydrogens (tertiary/aromatic N) is 1. The third-order valence-electron chi connectivity index (χ3n) is 10.5. The van der Waals surface area contributed by atoms with E-state index >= 15 is 0 Å². The molecule has 0 bridgehead atoms. The number of para-hydroxylation sites is 3. The van der Waals surface area contributed by atoms with E-state index in [9.17, 15) is 0 Å². The molecule has 1 heterocycles. The Morgan fingerprint density at radius 2 is 0.852 bits per heavy atom. The third kappa shape index (κ3) is 5.62. The topological polar surface area (TPSA) is 16.4 Å². The maximum absolute atomic E-state index is 6.51. The maximum atomic E-state index is 6.51. The van der Waals surface area contributed by atoms with Gasteiger partial charge in [-0.2, -0.15) is 0 Å². The average molecular weight is 690 g/mol. The van der Waals surface area contributed by atoms with Crippen LogP contribution in [0, 0.1) is 0 Å². The minimum Gasteiger partial charge on any atom is -0.455 e. The molecule has 1 aromatic heterocycles. The minimum atomic E-state index is 0.904. The maximum Gasteiger partial charge on any atom is 0.143 e. The summed E-state index contributed by atoms with van der Waals surface area (Å²) in [6.07, 6.45) is 0. The zero-order chi connectivity index (χ0) is 35.8. The van der Waals surface area contributed by atoms with E-state index in [4.69, 9.17) is 4.42 Å². The summed E-state index contributed by atoms with van der Waals surface area (Å²) in [5.41, 5.74) is 14.4. The van der Waals surface area contributed by atoms with Gasteiger partial charge in [0.25, 0.3) is 0 Å². The monoisotopic (exact) mass is 689 g/mol. The van der Waals surface area contributed by atoms with Crippen molar-refractivity contribution in [3.05, 3.63) is 212 Å². The standard InChI is InChI=1S/C52H35NO/c1-2-17-41(18-3-1)53(42-32-30-37(31-33-42)39-29-28-36-14-4-5-15-38(36)34-39)43-19-12-16-40(35-43)44-20-6-7-21-45(44)46-22-8-9-23-47(46)49-25-13-26-50-48-24-10-11-27-51(48)54-52(49)50/h1-35H. The van der Waals surface area contributed by atoms with Gasteiger partial charge < -0.3 is 9.32 Å². The number of benzene rings is 9. The number of rotatable bonds is 7. The normalized spacial score (nSPS) is 11.3. The number of furan rings is 1. The Balaban J connectivity index is 1.06.